The van der Waals surface area contributed by atoms with E-state index in [0.29, 0.717) is 31.2 Å². The Balaban J connectivity index is 1.48. The first-order valence-electron chi connectivity index (χ1n) is 9.24. The van der Waals surface area contributed by atoms with Gasteiger partial charge in [-0.2, -0.15) is 0 Å². The van der Waals surface area contributed by atoms with E-state index >= 15 is 0 Å². The van der Waals surface area contributed by atoms with Gasteiger partial charge in [-0.1, -0.05) is 0 Å². The first-order chi connectivity index (χ1) is 12.2. The van der Waals surface area contributed by atoms with E-state index in [9.17, 15) is 9.18 Å². The van der Waals surface area contributed by atoms with E-state index in [4.69, 9.17) is 4.74 Å². The van der Waals surface area contributed by atoms with Gasteiger partial charge in [-0.15, -0.1) is 0 Å². The number of nitrogens with zero attached hydrogens (tertiary/aromatic N) is 2. The highest BCUT2D eigenvalue weighted by atomic mass is 19.1. The molecule has 6 heteroatoms. The highest BCUT2D eigenvalue weighted by molar-refractivity contribution is 5.76. The van der Waals surface area contributed by atoms with Gasteiger partial charge in [0.05, 0.1) is 12.8 Å². The Morgan fingerprint density at radius 1 is 1.24 bits per heavy atom. The van der Waals surface area contributed by atoms with Crippen LogP contribution < -0.4 is 15.0 Å². The van der Waals surface area contributed by atoms with Crippen LogP contribution in [0.2, 0.25) is 0 Å². The second-order valence-electron chi connectivity index (χ2n) is 6.92. The van der Waals surface area contributed by atoms with Gasteiger partial charge in [0.2, 0.25) is 5.91 Å². The van der Waals surface area contributed by atoms with Crippen molar-refractivity contribution < 1.29 is 13.9 Å². The summed E-state index contributed by atoms with van der Waals surface area (Å²) in [4.78, 5) is 16.6. The van der Waals surface area contributed by atoms with Crippen molar-refractivity contribution in [3.05, 3.63) is 24.0 Å². The molecule has 2 heterocycles. The summed E-state index contributed by atoms with van der Waals surface area (Å²) in [7, 11) is 1.55. The molecule has 2 aliphatic heterocycles. The first-order valence-corrected chi connectivity index (χ1v) is 9.24. The zero-order chi connectivity index (χ0) is 17.6. The van der Waals surface area contributed by atoms with Gasteiger partial charge in [0.15, 0.2) is 0 Å². The number of benzene rings is 1. The lowest BCUT2D eigenvalue weighted by Crippen LogP contribution is -2.49. The van der Waals surface area contributed by atoms with Gasteiger partial charge in [0.25, 0.3) is 0 Å². The predicted octanol–water partition coefficient (Wildman–Crippen LogP) is 2.26. The molecule has 0 radical (unpaired) electrons. The van der Waals surface area contributed by atoms with Crippen molar-refractivity contribution in [1.29, 1.82) is 0 Å². The number of carbonyl (C=O) groups is 1. The summed E-state index contributed by atoms with van der Waals surface area (Å²) >= 11 is 0. The molecule has 0 aliphatic carbocycles. The van der Waals surface area contributed by atoms with Crippen LogP contribution in [0.3, 0.4) is 0 Å². The molecule has 0 spiro atoms. The SMILES string of the molecule is COc1cc(F)ccc1N1CCN(C(=O)CCC2CCNCC2)CC1. The van der Waals surface area contributed by atoms with Gasteiger partial charge in [-0.05, 0) is 50.4 Å². The van der Waals surface area contributed by atoms with Crippen molar-refractivity contribution in [3.63, 3.8) is 0 Å². The normalized spacial score (nSPS) is 19.1. The molecule has 0 aromatic heterocycles. The lowest BCUT2D eigenvalue weighted by atomic mass is 9.93. The molecule has 1 N–H and O–H groups in total. The molecule has 0 unspecified atom stereocenters. The quantitative estimate of drug-likeness (QED) is 0.886. The molecule has 3 rings (SSSR count). The topological polar surface area (TPSA) is 44.8 Å². The molecule has 25 heavy (non-hydrogen) atoms. The van der Waals surface area contributed by atoms with Gasteiger partial charge < -0.3 is 19.9 Å². The fourth-order valence-electron chi connectivity index (χ4n) is 3.77. The molecular formula is C19H28FN3O2. The number of nitrogens with one attached hydrogen (secondary N) is 1. The zero-order valence-corrected chi connectivity index (χ0v) is 15.0. The number of hydrogen-bond donors (Lipinski definition) is 1. The largest absolute Gasteiger partial charge is 0.494 e. The molecule has 2 aliphatic rings. The molecule has 1 aromatic carbocycles. The van der Waals surface area contributed by atoms with E-state index in [1.54, 1.807) is 13.2 Å². The van der Waals surface area contributed by atoms with E-state index in [1.165, 1.54) is 25.0 Å². The van der Waals surface area contributed by atoms with E-state index in [-0.39, 0.29) is 11.7 Å². The third-order valence-electron chi connectivity index (χ3n) is 5.34. The Labute approximate surface area is 149 Å². The van der Waals surface area contributed by atoms with Crippen molar-refractivity contribution in [2.24, 2.45) is 5.92 Å². The summed E-state index contributed by atoms with van der Waals surface area (Å²) in [5, 5.41) is 3.36. The highest BCUT2D eigenvalue weighted by Crippen LogP contribution is 2.29. The van der Waals surface area contributed by atoms with Crippen LogP contribution in [-0.4, -0.2) is 57.2 Å². The number of rotatable bonds is 5. The summed E-state index contributed by atoms with van der Waals surface area (Å²) in [6.45, 7) is 5.09. The minimum Gasteiger partial charge on any atom is -0.494 e. The fraction of sp³-hybridized carbons (Fsp3) is 0.632. The number of methoxy groups -OCH3 is 1. The van der Waals surface area contributed by atoms with Crippen molar-refractivity contribution in [3.8, 4) is 5.75 Å². The summed E-state index contributed by atoms with van der Waals surface area (Å²) in [5.74, 6) is 1.21. The Morgan fingerprint density at radius 2 is 1.96 bits per heavy atom. The molecule has 0 bridgehead atoms. The summed E-state index contributed by atoms with van der Waals surface area (Å²) in [5.41, 5.74) is 0.894. The zero-order valence-electron chi connectivity index (χ0n) is 15.0. The Morgan fingerprint density at radius 3 is 2.64 bits per heavy atom. The van der Waals surface area contributed by atoms with Crippen LogP contribution in [0, 0.1) is 11.7 Å². The van der Waals surface area contributed by atoms with Crippen LogP contribution in [0.5, 0.6) is 5.75 Å². The summed E-state index contributed by atoms with van der Waals surface area (Å²) in [6, 6.07) is 4.61. The second-order valence-corrected chi connectivity index (χ2v) is 6.92. The predicted molar refractivity (Wildman–Crippen MR) is 96.6 cm³/mol. The van der Waals surface area contributed by atoms with E-state index < -0.39 is 0 Å². The van der Waals surface area contributed by atoms with Gasteiger partial charge in [-0.3, -0.25) is 4.79 Å². The number of amides is 1. The molecule has 1 amide bonds. The van der Waals surface area contributed by atoms with Crippen LogP contribution >= 0.6 is 0 Å². The van der Waals surface area contributed by atoms with Crippen LogP contribution in [-0.2, 0) is 4.79 Å². The third kappa shape index (κ3) is 4.63. The monoisotopic (exact) mass is 349 g/mol. The standard InChI is InChI=1S/C19H28FN3O2/c1-25-18-14-16(20)3-4-17(18)22-10-12-23(13-11-22)19(24)5-2-15-6-8-21-9-7-15/h3-4,14-15,21H,2,5-13H2,1H3. The average molecular weight is 349 g/mol. The second kappa shape index (κ2) is 8.52. The van der Waals surface area contributed by atoms with Gasteiger partial charge in [0, 0.05) is 38.7 Å². The van der Waals surface area contributed by atoms with Gasteiger partial charge in [0.1, 0.15) is 11.6 Å². The van der Waals surface area contributed by atoms with Crippen LogP contribution in [0.1, 0.15) is 25.7 Å². The van der Waals surface area contributed by atoms with Crippen molar-refractivity contribution in [2.75, 3.05) is 51.3 Å². The van der Waals surface area contributed by atoms with Crippen molar-refractivity contribution >= 4 is 11.6 Å². The number of ether oxygens (including phenoxy) is 1. The Kier molecular flexibility index (Phi) is 6.13. The minimum absolute atomic E-state index is 0.268. The first kappa shape index (κ1) is 18.0. The maximum Gasteiger partial charge on any atom is 0.222 e. The van der Waals surface area contributed by atoms with Crippen LogP contribution in [0.25, 0.3) is 0 Å². The molecular weight excluding hydrogens is 321 g/mol. The number of piperazine rings is 1. The molecule has 5 nitrogen and oxygen atoms in total. The molecule has 2 saturated heterocycles. The maximum atomic E-state index is 13.4. The molecule has 0 saturated carbocycles. The van der Waals surface area contributed by atoms with Crippen LogP contribution in [0.4, 0.5) is 10.1 Å². The van der Waals surface area contributed by atoms with E-state index in [0.717, 1.165) is 38.3 Å². The number of carbonyl (C=O) groups excluding carboxylic acids is 1. The van der Waals surface area contributed by atoms with Crippen molar-refractivity contribution in [1.82, 2.24) is 10.2 Å². The van der Waals surface area contributed by atoms with Gasteiger partial charge in [-0.25, -0.2) is 4.39 Å². The fourth-order valence-corrected chi connectivity index (χ4v) is 3.77. The number of piperidine rings is 1. The molecule has 2 fully saturated rings. The van der Waals surface area contributed by atoms with Gasteiger partial charge >= 0.3 is 0 Å². The van der Waals surface area contributed by atoms with Crippen LogP contribution in [0.15, 0.2) is 18.2 Å². The average Bonchev–Trinajstić information content (AvgIpc) is 2.67. The van der Waals surface area contributed by atoms with Crippen molar-refractivity contribution in [2.45, 2.75) is 25.7 Å². The summed E-state index contributed by atoms with van der Waals surface area (Å²) in [6.07, 6.45) is 4.04. The molecule has 0 atom stereocenters. The maximum absolute atomic E-state index is 13.4. The smallest absolute Gasteiger partial charge is 0.222 e. The lowest BCUT2D eigenvalue weighted by Gasteiger charge is -2.37. The third-order valence-corrected chi connectivity index (χ3v) is 5.34. The Hall–Kier alpha value is -1.82. The minimum atomic E-state index is -0.299. The van der Waals surface area contributed by atoms with E-state index in [2.05, 4.69) is 10.2 Å². The number of halogens is 1. The number of hydrogen-bond acceptors (Lipinski definition) is 4. The molecule has 138 valence electrons. The molecule has 1 aromatic rings. The summed E-state index contributed by atoms with van der Waals surface area (Å²) < 4.78 is 18.6. The lowest BCUT2D eigenvalue weighted by molar-refractivity contribution is -0.131. The Bertz CT molecular complexity index is 582. The number of anilines is 1. The highest BCUT2D eigenvalue weighted by Gasteiger charge is 2.24. The van der Waals surface area contributed by atoms with E-state index in [1.807, 2.05) is 4.90 Å².